The van der Waals surface area contributed by atoms with E-state index in [0.29, 0.717) is 11.7 Å². The molecule has 2 rings (SSSR count). The molecule has 17 heavy (non-hydrogen) atoms. The number of carbonyl (C=O) groups excluding carboxylic acids is 1. The van der Waals surface area contributed by atoms with Crippen molar-refractivity contribution < 1.29 is 9.53 Å². The zero-order valence-electron chi connectivity index (χ0n) is 10.6. The van der Waals surface area contributed by atoms with E-state index in [-0.39, 0.29) is 5.60 Å². The highest BCUT2D eigenvalue weighted by atomic mass is 16.5. The largest absolute Gasteiger partial charge is 0.375 e. The Hall–Kier alpha value is -1.16. The fourth-order valence-corrected chi connectivity index (χ4v) is 2.69. The molecule has 1 aliphatic heterocycles. The summed E-state index contributed by atoms with van der Waals surface area (Å²) in [6, 6.07) is 0.339. The molecule has 0 aliphatic carbocycles. The van der Waals surface area contributed by atoms with Crippen LogP contribution in [0.15, 0.2) is 12.5 Å². The van der Waals surface area contributed by atoms with Gasteiger partial charge in [-0.3, -0.25) is 4.79 Å². The third kappa shape index (κ3) is 2.27. The summed E-state index contributed by atoms with van der Waals surface area (Å²) in [5, 5.41) is 0. The lowest BCUT2D eigenvalue weighted by Crippen LogP contribution is -2.39. The van der Waals surface area contributed by atoms with Gasteiger partial charge in [-0.2, -0.15) is 0 Å². The van der Waals surface area contributed by atoms with Crippen LogP contribution in [-0.4, -0.2) is 28.0 Å². The van der Waals surface area contributed by atoms with Crippen molar-refractivity contribution in [2.75, 3.05) is 6.61 Å². The Labute approximate surface area is 102 Å². The number of aromatic nitrogens is 2. The van der Waals surface area contributed by atoms with Crippen LogP contribution in [0.4, 0.5) is 0 Å². The molecule has 4 nitrogen and oxygen atoms in total. The number of imidazole rings is 1. The summed E-state index contributed by atoms with van der Waals surface area (Å²) in [7, 11) is 0. The van der Waals surface area contributed by atoms with E-state index >= 15 is 0 Å². The molecule has 0 aromatic carbocycles. The van der Waals surface area contributed by atoms with Crippen LogP contribution in [-0.2, 0) is 4.74 Å². The van der Waals surface area contributed by atoms with E-state index in [0.717, 1.165) is 38.6 Å². The molecule has 0 bridgehead atoms. The Bertz CT molecular complexity index is 383. The van der Waals surface area contributed by atoms with Crippen molar-refractivity contribution in [1.29, 1.82) is 0 Å². The Morgan fingerprint density at radius 1 is 1.59 bits per heavy atom. The molecule has 2 heterocycles. The van der Waals surface area contributed by atoms with Gasteiger partial charge in [0.2, 0.25) is 0 Å². The zero-order valence-corrected chi connectivity index (χ0v) is 10.6. The molecule has 0 amide bonds. The third-order valence-electron chi connectivity index (χ3n) is 3.97. The van der Waals surface area contributed by atoms with Crippen LogP contribution in [0.5, 0.6) is 0 Å². The summed E-state index contributed by atoms with van der Waals surface area (Å²) in [4.78, 5) is 15.0. The Morgan fingerprint density at radius 2 is 2.35 bits per heavy atom. The average Bonchev–Trinajstić information content (AvgIpc) is 2.87. The number of carbonyl (C=O) groups is 1. The highest BCUT2D eigenvalue weighted by Gasteiger charge is 2.35. The Kier molecular flexibility index (Phi) is 3.62. The van der Waals surface area contributed by atoms with Gasteiger partial charge in [0.05, 0.1) is 18.1 Å². The summed E-state index contributed by atoms with van der Waals surface area (Å²) in [5.74, 6) is 0. The molecule has 0 radical (unpaired) electrons. The van der Waals surface area contributed by atoms with Gasteiger partial charge in [-0.25, -0.2) is 4.98 Å². The van der Waals surface area contributed by atoms with E-state index in [1.165, 1.54) is 0 Å². The first-order valence-corrected chi connectivity index (χ1v) is 6.35. The Morgan fingerprint density at radius 3 is 3.00 bits per heavy atom. The van der Waals surface area contributed by atoms with Crippen molar-refractivity contribution in [2.24, 2.45) is 0 Å². The summed E-state index contributed by atoms with van der Waals surface area (Å²) in [6.07, 6.45) is 8.23. The summed E-state index contributed by atoms with van der Waals surface area (Å²) < 4.78 is 7.94. The van der Waals surface area contributed by atoms with Gasteiger partial charge in [0.1, 0.15) is 5.69 Å². The van der Waals surface area contributed by atoms with Crippen molar-refractivity contribution in [3.8, 4) is 0 Å². The van der Waals surface area contributed by atoms with Gasteiger partial charge in [0, 0.05) is 12.6 Å². The number of hydrogen-bond donors (Lipinski definition) is 0. The molecule has 0 N–H and O–H groups in total. The van der Waals surface area contributed by atoms with Gasteiger partial charge in [-0.15, -0.1) is 0 Å². The molecule has 1 aromatic heterocycles. The maximum Gasteiger partial charge on any atom is 0.168 e. The van der Waals surface area contributed by atoms with Gasteiger partial charge in [0.15, 0.2) is 6.29 Å². The Balaban J connectivity index is 2.20. The number of nitrogens with zero attached hydrogens (tertiary/aromatic N) is 2. The highest BCUT2D eigenvalue weighted by Crippen LogP contribution is 2.37. The molecule has 1 atom stereocenters. The summed E-state index contributed by atoms with van der Waals surface area (Å²) in [5.41, 5.74) is 0.644. The number of hydrogen-bond acceptors (Lipinski definition) is 3. The van der Waals surface area contributed by atoms with Crippen LogP contribution in [0.2, 0.25) is 0 Å². The second-order valence-corrected chi connectivity index (χ2v) is 4.73. The summed E-state index contributed by atoms with van der Waals surface area (Å²) >= 11 is 0. The standard InChI is InChI=1S/C13H20N2O2/c1-3-13(4-2)7-11(5-6-17-13)15-10-14-8-12(15)9-16/h8-11H,3-7H2,1-2H3. The van der Waals surface area contributed by atoms with Crippen molar-refractivity contribution in [1.82, 2.24) is 9.55 Å². The molecular weight excluding hydrogens is 216 g/mol. The second-order valence-electron chi connectivity index (χ2n) is 4.73. The van der Waals surface area contributed by atoms with E-state index in [4.69, 9.17) is 4.74 Å². The minimum atomic E-state index is -0.0205. The van der Waals surface area contributed by atoms with E-state index in [2.05, 4.69) is 18.8 Å². The molecule has 1 unspecified atom stereocenters. The molecule has 4 heteroatoms. The quantitative estimate of drug-likeness (QED) is 0.755. The second kappa shape index (κ2) is 5.00. The lowest BCUT2D eigenvalue weighted by atomic mass is 9.86. The van der Waals surface area contributed by atoms with Gasteiger partial charge in [-0.05, 0) is 25.7 Å². The fraction of sp³-hybridized carbons (Fsp3) is 0.692. The van der Waals surface area contributed by atoms with Crippen molar-refractivity contribution in [3.05, 3.63) is 18.2 Å². The van der Waals surface area contributed by atoms with Crippen LogP contribution in [0.25, 0.3) is 0 Å². The maximum atomic E-state index is 10.9. The molecule has 1 fully saturated rings. The van der Waals surface area contributed by atoms with Gasteiger partial charge < -0.3 is 9.30 Å². The molecule has 1 aliphatic rings. The minimum absolute atomic E-state index is 0.0205. The zero-order chi connectivity index (χ0) is 12.3. The minimum Gasteiger partial charge on any atom is -0.375 e. The van der Waals surface area contributed by atoms with E-state index in [1.54, 1.807) is 12.5 Å². The first-order chi connectivity index (χ1) is 8.24. The molecule has 1 aromatic rings. The predicted octanol–water partition coefficient (Wildman–Crippen LogP) is 2.61. The lowest BCUT2D eigenvalue weighted by molar-refractivity contribution is -0.0988. The first kappa shape index (κ1) is 12.3. The van der Waals surface area contributed by atoms with Crippen LogP contribution in [0.3, 0.4) is 0 Å². The average molecular weight is 236 g/mol. The fourth-order valence-electron chi connectivity index (χ4n) is 2.69. The normalized spacial score (nSPS) is 23.5. The smallest absolute Gasteiger partial charge is 0.168 e. The predicted molar refractivity (Wildman–Crippen MR) is 65.2 cm³/mol. The van der Waals surface area contributed by atoms with Gasteiger partial charge in [0.25, 0.3) is 0 Å². The summed E-state index contributed by atoms with van der Waals surface area (Å²) in [6.45, 7) is 5.10. The number of ether oxygens (including phenoxy) is 1. The molecule has 0 spiro atoms. The number of rotatable bonds is 4. The van der Waals surface area contributed by atoms with Crippen LogP contribution >= 0.6 is 0 Å². The third-order valence-corrected chi connectivity index (χ3v) is 3.97. The number of aldehydes is 1. The van der Waals surface area contributed by atoms with Crippen molar-refractivity contribution in [2.45, 2.75) is 51.2 Å². The van der Waals surface area contributed by atoms with Crippen LogP contribution in [0.1, 0.15) is 56.1 Å². The lowest BCUT2D eigenvalue weighted by Gasteiger charge is -2.40. The molecule has 94 valence electrons. The molecular formula is C13H20N2O2. The molecule has 1 saturated heterocycles. The van der Waals surface area contributed by atoms with Crippen molar-refractivity contribution in [3.63, 3.8) is 0 Å². The monoisotopic (exact) mass is 236 g/mol. The van der Waals surface area contributed by atoms with Gasteiger partial charge in [-0.1, -0.05) is 13.8 Å². The van der Waals surface area contributed by atoms with Crippen LogP contribution in [0, 0.1) is 0 Å². The topological polar surface area (TPSA) is 44.1 Å². The highest BCUT2D eigenvalue weighted by molar-refractivity contribution is 5.71. The van der Waals surface area contributed by atoms with Gasteiger partial charge >= 0.3 is 0 Å². The SMILES string of the molecule is CCC1(CC)CC(n2cncc2C=O)CCO1. The van der Waals surface area contributed by atoms with Crippen molar-refractivity contribution >= 4 is 6.29 Å². The van der Waals surface area contributed by atoms with E-state index in [1.807, 2.05) is 4.57 Å². The van der Waals surface area contributed by atoms with E-state index in [9.17, 15) is 4.79 Å². The first-order valence-electron chi connectivity index (χ1n) is 6.35. The van der Waals surface area contributed by atoms with Crippen LogP contribution < -0.4 is 0 Å². The molecule has 0 saturated carbocycles. The maximum absolute atomic E-state index is 10.9. The van der Waals surface area contributed by atoms with E-state index < -0.39 is 0 Å².